The van der Waals surface area contributed by atoms with Gasteiger partial charge in [-0.25, -0.2) is 0 Å². The van der Waals surface area contributed by atoms with E-state index in [-0.39, 0.29) is 0 Å². The molecule has 140 valence electrons. The quantitative estimate of drug-likeness (QED) is 0.726. The lowest BCUT2D eigenvalue weighted by Crippen LogP contribution is -2.46. The summed E-state index contributed by atoms with van der Waals surface area (Å²) in [6.45, 7) is 9.37. The van der Waals surface area contributed by atoms with Gasteiger partial charge in [0.25, 0.3) is 0 Å². The fraction of sp³-hybridized carbons (Fsp3) is 0.429. The van der Waals surface area contributed by atoms with Crippen molar-refractivity contribution in [1.29, 1.82) is 0 Å². The van der Waals surface area contributed by atoms with Crippen LogP contribution in [0.5, 0.6) is 5.75 Å². The molecule has 0 aliphatic carbocycles. The second-order valence-corrected chi connectivity index (χ2v) is 8.15. The van der Waals surface area contributed by atoms with E-state index >= 15 is 0 Å². The van der Waals surface area contributed by atoms with Crippen LogP contribution in [-0.2, 0) is 11.2 Å². The standard InChI is InChI=1S/C21H28N2O2S/c1-4-22-11-13-23(14-12-22)18-15-19(17-9-7-6-8-10-17)21(25-3)20(16-18)26(24)5-2/h6-10,15-16H,4-5,11-14H2,1-3H3. The minimum atomic E-state index is -1.07. The van der Waals surface area contributed by atoms with Crippen molar-refractivity contribution in [1.82, 2.24) is 4.90 Å². The molecule has 1 aliphatic heterocycles. The summed E-state index contributed by atoms with van der Waals surface area (Å²) in [7, 11) is 1.66. The van der Waals surface area contributed by atoms with Gasteiger partial charge in [0.1, 0.15) is 5.75 Å². The van der Waals surface area contributed by atoms with Crippen molar-refractivity contribution in [2.75, 3.05) is 50.5 Å². The molecule has 1 atom stereocenters. The average molecular weight is 373 g/mol. The lowest BCUT2D eigenvalue weighted by Gasteiger charge is -2.36. The molecule has 3 rings (SSSR count). The van der Waals surface area contributed by atoms with Crippen LogP contribution in [0.2, 0.25) is 0 Å². The first kappa shape index (κ1) is 19.1. The zero-order valence-corrected chi connectivity index (χ0v) is 16.7. The van der Waals surface area contributed by atoms with E-state index < -0.39 is 11.2 Å². The molecule has 1 fully saturated rings. The Morgan fingerprint density at radius 1 is 1.04 bits per heavy atom. The van der Waals surface area contributed by atoms with Crippen molar-refractivity contribution in [3.8, 4) is 16.9 Å². The predicted octanol–water partition coefficient (Wildman–Crippen LogP) is 3.63. The Hall–Kier alpha value is -1.69. The van der Waals surface area contributed by atoms with E-state index in [0.717, 1.165) is 60.2 Å². The number of nitrogens with zero attached hydrogens (tertiary/aromatic N) is 2. The van der Waals surface area contributed by atoms with Crippen LogP contribution in [-0.4, -0.2) is 55.0 Å². The first-order valence-electron chi connectivity index (χ1n) is 9.31. The summed E-state index contributed by atoms with van der Waals surface area (Å²) in [5.74, 6) is 1.31. The highest BCUT2D eigenvalue weighted by Gasteiger charge is 2.25. The maximum absolute atomic E-state index is 12.7. The zero-order valence-electron chi connectivity index (χ0n) is 15.9. The number of piperazine rings is 1. The Balaban J connectivity index is 2.05. The van der Waals surface area contributed by atoms with E-state index in [1.54, 1.807) is 7.11 Å². The largest absolute Gasteiger partial charge is 0.611 e. The molecule has 2 aromatic carbocycles. The number of benzene rings is 2. The minimum Gasteiger partial charge on any atom is -0.611 e. The second-order valence-electron chi connectivity index (χ2n) is 6.45. The molecule has 4 nitrogen and oxygen atoms in total. The lowest BCUT2D eigenvalue weighted by atomic mass is 10.0. The number of hydrogen-bond donors (Lipinski definition) is 0. The summed E-state index contributed by atoms with van der Waals surface area (Å²) in [5.41, 5.74) is 3.24. The van der Waals surface area contributed by atoms with Gasteiger partial charge in [-0.1, -0.05) is 37.3 Å². The van der Waals surface area contributed by atoms with E-state index in [0.29, 0.717) is 5.75 Å². The summed E-state index contributed by atoms with van der Waals surface area (Å²) in [4.78, 5) is 5.65. The van der Waals surface area contributed by atoms with Crippen LogP contribution >= 0.6 is 0 Å². The number of methoxy groups -OCH3 is 1. The number of ether oxygens (including phenoxy) is 1. The summed E-state index contributed by atoms with van der Waals surface area (Å²) in [5, 5.41) is 0. The molecule has 1 unspecified atom stereocenters. The van der Waals surface area contributed by atoms with Crippen molar-refractivity contribution in [3.63, 3.8) is 0 Å². The van der Waals surface area contributed by atoms with E-state index in [2.05, 4.69) is 41.0 Å². The minimum absolute atomic E-state index is 0.581. The van der Waals surface area contributed by atoms with Gasteiger partial charge in [-0.3, -0.25) is 0 Å². The fourth-order valence-electron chi connectivity index (χ4n) is 3.46. The smallest absolute Gasteiger partial charge is 0.197 e. The van der Waals surface area contributed by atoms with Gasteiger partial charge >= 0.3 is 0 Å². The van der Waals surface area contributed by atoms with Gasteiger partial charge in [0.15, 0.2) is 10.6 Å². The van der Waals surface area contributed by atoms with Crippen LogP contribution < -0.4 is 9.64 Å². The molecule has 0 bridgehead atoms. The molecule has 0 radical (unpaired) electrons. The molecular formula is C21H28N2O2S. The Morgan fingerprint density at radius 3 is 2.31 bits per heavy atom. The Morgan fingerprint density at radius 2 is 1.73 bits per heavy atom. The van der Waals surface area contributed by atoms with Gasteiger partial charge < -0.3 is 19.1 Å². The zero-order chi connectivity index (χ0) is 18.5. The monoisotopic (exact) mass is 372 g/mol. The Bertz CT molecular complexity index is 715. The van der Waals surface area contributed by atoms with Gasteiger partial charge in [-0.05, 0) is 36.3 Å². The van der Waals surface area contributed by atoms with Crippen molar-refractivity contribution in [2.45, 2.75) is 18.7 Å². The number of hydrogen-bond acceptors (Lipinski definition) is 4. The topological polar surface area (TPSA) is 38.8 Å². The van der Waals surface area contributed by atoms with Crippen LogP contribution in [0.15, 0.2) is 47.4 Å². The molecule has 26 heavy (non-hydrogen) atoms. The summed E-state index contributed by atoms with van der Waals surface area (Å²) in [6, 6.07) is 14.5. The third-order valence-electron chi connectivity index (χ3n) is 5.02. The van der Waals surface area contributed by atoms with E-state index in [1.807, 2.05) is 25.1 Å². The number of rotatable bonds is 6. The van der Waals surface area contributed by atoms with Crippen molar-refractivity contribution >= 4 is 16.9 Å². The van der Waals surface area contributed by atoms with Gasteiger partial charge in [0, 0.05) is 43.5 Å². The van der Waals surface area contributed by atoms with E-state index in [4.69, 9.17) is 4.74 Å². The van der Waals surface area contributed by atoms with Gasteiger partial charge in [0.2, 0.25) is 0 Å². The molecule has 0 aromatic heterocycles. The normalized spacial score (nSPS) is 16.5. The third-order valence-corrected chi connectivity index (χ3v) is 6.34. The van der Waals surface area contributed by atoms with E-state index in [9.17, 15) is 4.55 Å². The molecule has 1 saturated heterocycles. The van der Waals surface area contributed by atoms with Crippen LogP contribution in [0.25, 0.3) is 11.1 Å². The number of anilines is 1. The van der Waals surface area contributed by atoms with Crippen LogP contribution in [0.3, 0.4) is 0 Å². The summed E-state index contributed by atoms with van der Waals surface area (Å²) in [6.07, 6.45) is 0. The lowest BCUT2D eigenvalue weighted by molar-refractivity contribution is 0.271. The molecular weight excluding hydrogens is 344 g/mol. The average Bonchev–Trinajstić information content (AvgIpc) is 2.72. The van der Waals surface area contributed by atoms with Crippen molar-refractivity contribution < 1.29 is 9.29 Å². The first-order valence-corrected chi connectivity index (χ1v) is 10.6. The predicted molar refractivity (Wildman–Crippen MR) is 110 cm³/mol. The summed E-state index contributed by atoms with van der Waals surface area (Å²) < 4.78 is 18.4. The fourth-order valence-corrected chi connectivity index (χ4v) is 4.42. The second kappa shape index (κ2) is 8.80. The van der Waals surface area contributed by atoms with Crippen LogP contribution in [0.1, 0.15) is 13.8 Å². The molecule has 0 amide bonds. The molecule has 5 heteroatoms. The molecule has 0 N–H and O–H groups in total. The Labute approximate surface area is 159 Å². The molecule has 2 aromatic rings. The molecule has 0 spiro atoms. The van der Waals surface area contributed by atoms with Crippen LogP contribution in [0, 0.1) is 0 Å². The Kier molecular flexibility index (Phi) is 6.46. The first-order chi connectivity index (χ1) is 12.7. The maximum Gasteiger partial charge on any atom is 0.197 e. The SMILES string of the molecule is CCN1CCN(c2cc(-c3ccccc3)c(OC)c([S+]([O-])CC)c2)CC1. The van der Waals surface area contributed by atoms with Crippen molar-refractivity contribution in [3.05, 3.63) is 42.5 Å². The highest BCUT2D eigenvalue weighted by Crippen LogP contribution is 2.40. The van der Waals surface area contributed by atoms with Crippen LogP contribution in [0.4, 0.5) is 5.69 Å². The molecule has 1 heterocycles. The molecule has 0 saturated carbocycles. The van der Waals surface area contributed by atoms with Gasteiger partial charge in [-0.2, -0.15) is 0 Å². The number of likely N-dealkylation sites (N-methyl/N-ethyl adjacent to an activating group) is 1. The highest BCUT2D eigenvalue weighted by atomic mass is 32.2. The third kappa shape index (κ3) is 4.00. The summed E-state index contributed by atoms with van der Waals surface area (Å²) >= 11 is -1.07. The molecule has 1 aliphatic rings. The van der Waals surface area contributed by atoms with E-state index in [1.165, 1.54) is 0 Å². The highest BCUT2D eigenvalue weighted by molar-refractivity contribution is 7.91. The van der Waals surface area contributed by atoms with Gasteiger partial charge in [-0.15, -0.1) is 0 Å². The van der Waals surface area contributed by atoms with Crippen molar-refractivity contribution in [2.24, 2.45) is 0 Å². The van der Waals surface area contributed by atoms with Gasteiger partial charge in [0.05, 0.1) is 7.11 Å². The maximum atomic E-state index is 12.7.